The van der Waals surface area contributed by atoms with E-state index in [1.165, 1.54) is 12.1 Å². The molecule has 0 aliphatic heterocycles. The maximum absolute atomic E-state index is 10.9. The highest BCUT2D eigenvalue weighted by molar-refractivity contribution is 6.29. The second kappa shape index (κ2) is 5.52. The SMILES string of the molecule is CC1CCC(Nc2nc(Cl)ccc2[N+](=O)[O-])CC1. The fourth-order valence-corrected chi connectivity index (χ4v) is 2.43. The summed E-state index contributed by atoms with van der Waals surface area (Å²) in [5.41, 5.74) is -0.0157. The van der Waals surface area contributed by atoms with Gasteiger partial charge in [-0.15, -0.1) is 0 Å². The molecule has 0 atom stereocenters. The molecule has 1 fully saturated rings. The van der Waals surface area contributed by atoms with Crippen molar-refractivity contribution in [2.45, 2.75) is 38.6 Å². The molecule has 5 nitrogen and oxygen atoms in total. The third-order valence-electron chi connectivity index (χ3n) is 3.39. The van der Waals surface area contributed by atoms with E-state index in [9.17, 15) is 10.1 Å². The van der Waals surface area contributed by atoms with Gasteiger partial charge in [0.05, 0.1) is 4.92 Å². The molecular weight excluding hydrogens is 254 g/mol. The highest BCUT2D eigenvalue weighted by Gasteiger charge is 2.22. The van der Waals surface area contributed by atoms with Crippen molar-refractivity contribution in [2.75, 3.05) is 5.32 Å². The molecule has 1 heterocycles. The van der Waals surface area contributed by atoms with Crippen LogP contribution in [0.4, 0.5) is 11.5 Å². The molecule has 2 rings (SSSR count). The van der Waals surface area contributed by atoms with Crippen molar-refractivity contribution in [2.24, 2.45) is 5.92 Å². The van der Waals surface area contributed by atoms with Gasteiger partial charge in [0.2, 0.25) is 5.82 Å². The van der Waals surface area contributed by atoms with Crippen molar-refractivity contribution >= 4 is 23.1 Å². The molecular formula is C12H16ClN3O2. The molecule has 98 valence electrons. The number of halogens is 1. The van der Waals surface area contributed by atoms with Crippen LogP contribution >= 0.6 is 11.6 Å². The van der Waals surface area contributed by atoms with Crippen LogP contribution in [0.1, 0.15) is 32.6 Å². The third kappa shape index (κ3) is 3.10. The van der Waals surface area contributed by atoms with Crippen LogP contribution in [0.5, 0.6) is 0 Å². The van der Waals surface area contributed by atoms with E-state index in [1.54, 1.807) is 0 Å². The minimum atomic E-state index is -0.433. The Kier molecular flexibility index (Phi) is 4.01. The van der Waals surface area contributed by atoms with Gasteiger partial charge in [-0.1, -0.05) is 18.5 Å². The lowest BCUT2D eigenvalue weighted by molar-refractivity contribution is -0.384. The average molecular weight is 270 g/mol. The first-order valence-electron chi connectivity index (χ1n) is 6.13. The van der Waals surface area contributed by atoms with Crippen LogP contribution in [-0.4, -0.2) is 15.9 Å². The second-order valence-electron chi connectivity index (χ2n) is 4.86. The third-order valence-corrected chi connectivity index (χ3v) is 3.60. The lowest BCUT2D eigenvalue weighted by Crippen LogP contribution is -2.26. The molecule has 1 aromatic rings. The number of aromatic nitrogens is 1. The van der Waals surface area contributed by atoms with E-state index in [1.807, 2.05) is 0 Å². The van der Waals surface area contributed by atoms with Crippen LogP contribution in [0.15, 0.2) is 12.1 Å². The Morgan fingerprint density at radius 3 is 2.67 bits per heavy atom. The van der Waals surface area contributed by atoms with E-state index in [-0.39, 0.29) is 22.7 Å². The molecule has 0 aromatic carbocycles. The van der Waals surface area contributed by atoms with E-state index in [0.717, 1.165) is 31.6 Å². The van der Waals surface area contributed by atoms with Crippen LogP contribution in [0, 0.1) is 16.0 Å². The van der Waals surface area contributed by atoms with Crippen molar-refractivity contribution in [1.82, 2.24) is 4.98 Å². The Morgan fingerprint density at radius 2 is 2.06 bits per heavy atom. The molecule has 6 heteroatoms. The number of nitro groups is 1. The molecule has 1 saturated carbocycles. The first kappa shape index (κ1) is 13.1. The first-order chi connectivity index (χ1) is 8.56. The van der Waals surface area contributed by atoms with Gasteiger partial charge in [-0.3, -0.25) is 10.1 Å². The highest BCUT2D eigenvalue weighted by atomic mass is 35.5. The number of nitrogens with zero attached hydrogens (tertiary/aromatic N) is 2. The maximum atomic E-state index is 10.9. The zero-order valence-electron chi connectivity index (χ0n) is 10.2. The predicted molar refractivity (Wildman–Crippen MR) is 70.9 cm³/mol. The molecule has 0 amide bonds. The summed E-state index contributed by atoms with van der Waals surface area (Å²) in [6.07, 6.45) is 4.33. The van der Waals surface area contributed by atoms with Crippen LogP contribution in [0.25, 0.3) is 0 Å². The average Bonchev–Trinajstić information content (AvgIpc) is 2.32. The van der Waals surface area contributed by atoms with Gasteiger partial charge >= 0.3 is 5.69 Å². The smallest absolute Gasteiger partial charge is 0.311 e. The Hall–Kier alpha value is -1.36. The molecule has 1 N–H and O–H groups in total. The lowest BCUT2D eigenvalue weighted by atomic mass is 9.87. The van der Waals surface area contributed by atoms with Crippen LogP contribution in [-0.2, 0) is 0 Å². The van der Waals surface area contributed by atoms with Crippen molar-refractivity contribution in [3.63, 3.8) is 0 Å². The number of rotatable bonds is 3. The molecule has 0 radical (unpaired) electrons. The normalized spacial score (nSPS) is 23.7. The van der Waals surface area contributed by atoms with Crippen molar-refractivity contribution < 1.29 is 4.92 Å². The number of pyridine rings is 1. The molecule has 0 unspecified atom stereocenters. The monoisotopic (exact) mass is 269 g/mol. The van der Waals surface area contributed by atoms with Gasteiger partial charge in [0.15, 0.2) is 0 Å². The summed E-state index contributed by atoms with van der Waals surface area (Å²) in [5, 5.41) is 14.3. The highest BCUT2D eigenvalue weighted by Crippen LogP contribution is 2.29. The summed E-state index contributed by atoms with van der Waals surface area (Å²) in [7, 11) is 0. The molecule has 1 aliphatic rings. The fourth-order valence-electron chi connectivity index (χ4n) is 2.28. The van der Waals surface area contributed by atoms with Crippen molar-refractivity contribution in [3.05, 3.63) is 27.4 Å². The number of nitrogens with one attached hydrogen (secondary N) is 1. The number of hydrogen-bond donors (Lipinski definition) is 1. The van der Waals surface area contributed by atoms with E-state index in [4.69, 9.17) is 11.6 Å². The summed E-state index contributed by atoms with van der Waals surface area (Å²) >= 11 is 5.79. The number of anilines is 1. The largest absolute Gasteiger partial charge is 0.362 e. The first-order valence-corrected chi connectivity index (χ1v) is 6.51. The summed E-state index contributed by atoms with van der Waals surface area (Å²) in [5.74, 6) is 1.03. The van der Waals surface area contributed by atoms with Crippen molar-refractivity contribution in [3.8, 4) is 0 Å². The lowest BCUT2D eigenvalue weighted by Gasteiger charge is -2.27. The van der Waals surface area contributed by atoms with Gasteiger partial charge in [-0.25, -0.2) is 4.98 Å². The second-order valence-corrected chi connectivity index (χ2v) is 5.25. The quantitative estimate of drug-likeness (QED) is 0.517. The topological polar surface area (TPSA) is 68.1 Å². The minimum Gasteiger partial charge on any atom is -0.362 e. The van der Waals surface area contributed by atoms with Gasteiger partial charge in [0.25, 0.3) is 0 Å². The maximum Gasteiger partial charge on any atom is 0.311 e. The van der Waals surface area contributed by atoms with Gasteiger partial charge in [-0.05, 0) is 37.7 Å². The molecule has 1 aromatic heterocycles. The summed E-state index contributed by atoms with van der Waals surface area (Å²) < 4.78 is 0. The van der Waals surface area contributed by atoms with Crippen LogP contribution in [0.2, 0.25) is 5.15 Å². The molecule has 0 bridgehead atoms. The minimum absolute atomic E-state index is 0.0157. The molecule has 0 saturated heterocycles. The zero-order valence-corrected chi connectivity index (χ0v) is 11.0. The van der Waals surface area contributed by atoms with Crippen molar-refractivity contribution in [1.29, 1.82) is 0 Å². The Balaban J connectivity index is 2.12. The summed E-state index contributed by atoms with van der Waals surface area (Å²) in [6.45, 7) is 2.23. The molecule has 1 aliphatic carbocycles. The van der Waals surface area contributed by atoms with Gasteiger partial charge in [0, 0.05) is 12.1 Å². The van der Waals surface area contributed by atoms with Gasteiger partial charge in [-0.2, -0.15) is 0 Å². The van der Waals surface area contributed by atoms with E-state index in [0.29, 0.717) is 0 Å². The van der Waals surface area contributed by atoms with Gasteiger partial charge < -0.3 is 5.32 Å². The molecule has 18 heavy (non-hydrogen) atoms. The van der Waals surface area contributed by atoms with Crippen LogP contribution < -0.4 is 5.32 Å². The Labute approximate surface area is 111 Å². The van der Waals surface area contributed by atoms with E-state index >= 15 is 0 Å². The van der Waals surface area contributed by atoms with Crippen LogP contribution in [0.3, 0.4) is 0 Å². The zero-order chi connectivity index (χ0) is 13.1. The van der Waals surface area contributed by atoms with Gasteiger partial charge in [0.1, 0.15) is 5.15 Å². The Morgan fingerprint density at radius 1 is 1.39 bits per heavy atom. The summed E-state index contributed by atoms with van der Waals surface area (Å²) in [4.78, 5) is 14.5. The number of hydrogen-bond acceptors (Lipinski definition) is 4. The predicted octanol–water partition coefficient (Wildman–Crippen LogP) is 3.63. The molecule has 0 spiro atoms. The fraction of sp³-hybridized carbons (Fsp3) is 0.583. The standard InChI is InChI=1S/C12H16ClN3O2/c1-8-2-4-9(5-3-8)14-12-10(16(17)18)6-7-11(13)15-12/h6-9H,2-5H2,1H3,(H,14,15). The van der Waals surface area contributed by atoms with E-state index < -0.39 is 4.92 Å². The Bertz CT molecular complexity index is 445. The summed E-state index contributed by atoms with van der Waals surface area (Å²) in [6, 6.07) is 3.09. The van der Waals surface area contributed by atoms with E-state index in [2.05, 4.69) is 17.2 Å².